The highest BCUT2D eigenvalue weighted by atomic mass is 16.4. The Kier molecular flexibility index (Phi) is 6.91. The van der Waals surface area contributed by atoms with Crippen LogP contribution in [0, 0.1) is 5.92 Å². The number of carbonyl (C=O) groups excluding carboxylic acids is 1. The lowest BCUT2D eigenvalue weighted by Gasteiger charge is -2.20. The number of amides is 1. The molecule has 2 atom stereocenters. The number of aliphatic carboxylic acids is 1. The van der Waals surface area contributed by atoms with Gasteiger partial charge in [-0.3, -0.25) is 4.79 Å². The summed E-state index contributed by atoms with van der Waals surface area (Å²) in [6.07, 6.45) is 7.71. The van der Waals surface area contributed by atoms with E-state index in [1.807, 2.05) is 24.6 Å². The summed E-state index contributed by atoms with van der Waals surface area (Å²) >= 11 is 0. The van der Waals surface area contributed by atoms with Crippen molar-refractivity contribution in [3.05, 3.63) is 18.7 Å². The molecule has 21 heavy (non-hydrogen) atoms. The highest BCUT2D eigenvalue weighted by molar-refractivity contribution is 5.83. The third kappa shape index (κ3) is 5.97. The first kappa shape index (κ1) is 17.2. The lowest BCUT2D eigenvalue weighted by atomic mass is 10.0. The van der Waals surface area contributed by atoms with Gasteiger partial charge in [-0.05, 0) is 18.8 Å². The Balaban J connectivity index is 2.62. The number of carboxylic acid groups (broad SMARTS) is 1. The number of carboxylic acids is 1. The Morgan fingerprint density at radius 2 is 2.10 bits per heavy atom. The number of hydrogen-bond donors (Lipinski definition) is 2. The van der Waals surface area contributed by atoms with Gasteiger partial charge in [-0.25, -0.2) is 9.78 Å². The minimum absolute atomic E-state index is 0.0194. The zero-order valence-electron chi connectivity index (χ0n) is 13.0. The SMILES string of the molecule is CCCC(CC(=O)N[C@@H](CC(C)C)C(=O)O)n1ccnc1. The van der Waals surface area contributed by atoms with E-state index in [-0.39, 0.29) is 24.3 Å². The molecule has 6 heteroatoms. The molecular formula is C15H25N3O3. The Labute approximate surface area is 125 Å². The van der Waals surface area contributed by atoms with Gasteiger partial charge in [-0.2, -0.15) is 0 Å². The third-order valence-electron chi connectivity index (χ3n) is 3.33. The summed E-state index contributed by atoms with van der Waals surface area (Å²) in [6.45, 7) is 5.93. The van der Waals surface area contributed by atoms with Crippen molar-refractivity contribution in [1.29, 1.82) is 0 Å². The minimum Gasteiger partial charge on any atom is -0.480 e. The molecule has 0 radical (unpaired) electrons. The molecule has 2 N–H and O–H groups in total. The molecule has 1 amide bonds. The molecule has 118 valence electrons. The summed E-state index contributed by atoms with van der Waals surface area (Å²) in [5, 5.41) is 11.8. The van der Waals surface area contributed by atoms with Crippen LogP contribution in [-0.2, 0) is 9.59 Å². The van der Waals surface area contributed by atoms with E-state index < -0.39 is 12.0 Å². The van der Waals surface area contributed by atoms with E-state index in [2.05, 4.69) is 17.2 Å². The van der Waals surface area contributed by atoms with Crippen LogP contribution in [0.25, 0.3) is 0 Å². The van der Waals surface area contributed by atoms with Gasteiger partial charge < -0.3 is 15.0 Å². The zero-order chi connectivity index (χ0) is 15.8. The molecule has 0 bridgehead atoms. The second-order valence-electron chi connectivity index (χ2n) is 5.74. The number of nitrogens with zero attached hydrogens (tertiary/aromatic N) is 2. The van der Waals surface area contributed by atoms with Crippen LogP contribution in [0.15, 0.2) is 18.7 Å². The highest BCUT2D eigenvalue weighted by Crippen LogP contribution is 2.18. The van der Waals surface area contributed by atoms with Gasteiger partial charge in [0, 0.05) is 24.9 Å². The molecule has 1 heterocycles. The predicted octanol–water partition coefficient (Wildman–Crippen LogP) is 2.23. The van der Waals surface area contributed by atoms with Crippen molar-refractivity contribution in [3.8, 4) is 0 Å². The topological polar surface area (TPSA) is 84.2 Å². The molecule has 0 saturated carbocycles. The van der Waals surface area contributed by atoms with Gasteiger partial charge >= 0.3 is 5.97 Å². The zero-order valence-corrected chi connectivity index (χ0v) is 13.0. The van der Waals surface area contributed by atoms with Crippen molar-refractivity contribution >= 4 is 11.9 Å². The summed E-state index contributed by atoms with van der Waals surface area (Å²) in [6, 6.07) is -0.798. The fraction of sp³-hybridized carbons (Fsp3) is 0.667. The Morgan fingerprint density at radius 3 is 2.57 bits per heavy atom. The molecule has 0 aromatic carbocycles. The van der Waals surface area contributed by atoms with Crippen LogP contribution in [-0.4, -0.2) is 32.6 Å². The van der Waals surface area contributed by atoms with E-state index in [0.717, 1.165) is 12.8 Å². The molecule has 0 aliphatic rings. The lowest BCUT2D eigenvalue weighted by Crippen LogP contribution is -2.42. The average Bonchev–Trinajstić information content (AvgIpc) is 2.90. The van der Waals surface area contributed by atoms with Gasteiger partial charge in [0.1, 0.15) is 6.04 Å². The molecule has 0 saturated heterocycles. The number of nitrogens with one attached hydrogen (secondary N) is 1. The summed E-state index contributed by atoms with van der Waals surface area (Å²) < 4.78 is 1.90. The molecule has 0 aliphatic carbocycles. The first-order chi connectivity index (χ1) is 9.93. The molecule has 1 aromatic rings. The van der Waals surface area contributed by atoms with Gasteiger partial charge in [0.05, 0.1) is 6.33 Å². The van der Waals surface area contributed by atoms with Crippen LogP contribution in [0.4, 0.5) is 0 Å². The number of hydrogen-bond acceptors (Lipinski definition) is 3. The summed E-state index contributed by atoms with van der Waals surface area (Å²) in [5.41, 5.74) is 0. The van der Waals surface area contributed by atoms with Crippen molar-refractivity contribution in [3.63, 3.8) is 0 Å². The predicted molar refractivity (Wildman–Crippen MR) is 79.8 cm³/mol. The smallest absolute Gasteiger partial charge is 0.326 e. The normalized spacial score (nSPS) is 13.9. The Bertz CT molecular complexity index is 443. The summed E-state index contributed by atoms with van der Waals surface area (Å²) in [7, 11) is 0. The maximum Gasteiger partial charge on any atom is 0.326 e. The molecular weight excluding hydrogens is 270 g/mol. The maximum absolute atomic E-state index is 12.1. The van der Waals surface area contributed by atoms with Crippen molar-refractivity contribution in [2.75, 3.05) is 0 Å². The first-order valence-corrected chi connectivity index (χ1v) is 7.43. The maximum atomic E-state index is 12.1. The minimum atomic E-state index is -0.980. The number of carbonyl (C=O) groups is 2. The Morgan fingerprint density at radius 1 is 1.38 bits per heavy atom. The van der Waals surface area contributed by atoms with E-state index in [1.54, 1.807) is 12.5 Å². The van der Waals surface area contributed by atoms with Crippen molar-refractivity contribution < 1.29 is 14.7 Å². The van der Waals surface area contributed by atoms with E-state index in [1.165, 1.54) is 0 Å². The molecule has 0 spiro atoms. The van der Waals surface area contributed by atoms with Crippen LogP contribution in [0.2, 0.25) is 0 Å². The first-order valence-electron chi connectivity index (χ1n) is 7.43. The third-order valence-corrected chi connectivity index (χ3v) is 3.33. The van der Waals surface area contributed by atoms with E-state index in [9.17, 15) is 9.59 Å². The van der Waals surface area contributed by atoms with Gasteiger partial charge in [-0.15, -0.1) is 0 Å². The average molecular weight is 295 g/mol. The summed E-state index contributed by atoms with van der Waals surface area (Å²) in [5.74, 6) is -0.992. The molecule has 0 aliphatic heterocycles. The molecule has 0 fully saturated rings. The van der Waals surface area contributed by atoms with Crippen molar-refractivity contribution in [2.45, 2.75) is 58.5 Å². The van der Waals surface area contributed by atoms with Crippen molar-refractivity contribution in [2.24, 2.45) is 5.92 Å². The Hall–Kier alpha value is -1.85. The van der Waals surface area contributed by atoms with Crippen molar-refractivity contribution in [1.82, 2.24) is 14.9 Å². The second kappa shape index (κ2) is 8.44. The molecule has 6 nitrogen and oxygen atoms in total. The number of aromatic nitrogens is 2. The van der Waals surface area contributed by atoms with Crippen LogP contribution >= 0.6 is 0 Å². The molecule has 1 aromatic heterocycles. The number of imidazole rings is 1. The van der Waals surface area contributed by atoms with E-state index in [0.29, 0.717) is 6.42 Å². The standard InChI is InChI=1S/C15H25N3O3/c1-4-5-12(18-7-6-16-10-18)9-14(19)17-13(15(20)21)8-11(2)3/h6-7,10-13H,4-5,8-9H2,1-3H3,(H,17,19)(H,20,21)/t12?,13-/m0/s1. The largest absolute Gasteiger partial charge is 0.480 e. The van der Waals surface area contributed by atoms with Crippen LogP contribution < -0.4 is 5.32 Å². The van der Waals surface area contributed by atoms with Gasteiger partial charge in [-0.1, -0.05) is 27.2 Å². The fourth-order valence-corrected chi connectivity index (χ4v) is 2.34. The fourth-order valence-electron chi connectivity index (χ4n) is 2.34. The molecule has 1 unspecified atom stereocenters. The lowest BCUT2D eigenvalue weighted by molar-refractivity contribution is -0.142. The molecule has 1 rings (SSSR count). The van der Waals surface area contributed by atoms with E-state index in [4.69, 9.17) is 5.11 Å². The highest BCUT2D eigenvalue weighted by Gasteiger charge is 2.23. The van der Waals surface area contributed by atoms with Gasteiger partial charge in [0.15, 0.2) is 0 Å². The number of rotatable bonds is 9. The second-order valence-corrected chi connectivity index (χ2v) is 5.74. The van der Waals surface area contributed by atoms with Gasteiger partial charge in [0.25, 0.3) is 0 Å². The van der Waals surface area contributed by atoms with Gasteiger partial charge in [0.2, 0.25) is 5.91 Å². The quantitative estimate of drug-likeness (QED) is 0.731. The summed E-state index contributed by atoms with van der Waals surface area (Å²) in [4.78, 5) is 27.3. The van der Waals surface area contributed by atoms with Crippen LogP contribution in [0.1, 0.15) is 52.5 Å². The van der Waals surface area contributed by atoms with Crippen LogP contribution in [0.3, 0.4) is 0 Å². The monoisotopic (exact) mass is 295 g/mol. The van der Waals surface area contributed by atoms with Crippen LogP contribution in [0.5, 0.6) is 0 Å². The van der Waals surface area contributed by atoms with E-state index >= 15 is 0 Å².